The fraction of sp³-hybridized carbons (Fsp3) is 0.474. The Hall–Kier alpha value is -2.34. The highest BCUT2D eigenvalue weighted by molar-refractivity contribution is 5.75. The summed E-state index contributed by atoms with van der Waals surface area (Å²) in [6, 6.07) is 7.48. The standard InChI is InChI=1S/C19H25N3O3/c1-14-4-6-16(25-14)12-21-10-8-15-5-7-18(23)22(17(15)9-11-21)13-19(24)20(2)3/h4-7H,8-13H2,1-3H3. The molecule has 1 aliphatic rings. The molecule has 0 saturated heterocycles. The van der Waals surface area contributed by atoms with Crippen LogP contribution in [0.2, 0.25) is 0 Å². The molecule has 0 unspecified atom stereocenters. The number of aryl methyl sites for hydroxylation is 1. The van der Waals surface area contributed by atoms with Gasteiger partial charge in [-0.15, -0.1) is 0 Å². The zero-order valence-corrected chi connectivity index (χ0v) is 15.1. The van der Waals surface area contributed by atoms with E-state index in [9.17, 15) is 9.59 Å². The Balaban J connectivity index is 1.79. The third kappa shape index (κ3) is 4.02. The normalized spacial score (nSPS) is 14.8. The number of hydrogen-bond donors (Lipinski definition) is 0. The SMILES string of the molecule is Cc1ccc(CN2CCc3ccc(=O)n(CC(=O)N(C)C)c3CC2)o1. The highest BCUT2D eigenvalue weighted by atomic mass is 16.3. The van der Waals surface area contributed by atoms with E-state index in [1.54, 1.807) is 24.7 Å². The van der Waals surface area contributed by atoms with Crippen molar-refractivity contribution in [2.24, 2.45) is 0 Å². The molecule has 1 amide bonds. The minimum atomic E-state index is -0.107. The Labute approximate surface area is 147 Å². The number of fused-ring (bicyclic) bond motifs is 1. The Morgan fingerprint density at radius 3 is 2.60 bits per heavy atom. The summed E-state index contributed by atoms with van der Waals surface area (Å²) >= 11 is 0. The lowest BCUT2D eigenvalue weighted by atomic mass is 10.1. The maximum atomic E-state index is 12.3. The third-order valence-electron chi connectivity index (χ3n) is 4.72. The topological polar surface area (TPSA) is 58.7 Å². The van der Waals surface area contributed by atoms with Crippen molar-refractivity contribution in [1.29, 1.82) is 0 Å². The number of hydrogen-bond acceptors (Lipinski definition) is 4. The van der Waals surface area contributed by atoms with E-state index in [2.05, 4.69) is 4.90 Å². The lowest BCUT2D eigenvalue weighted by molar-refractivity contribution is -0.129. The van der Waals surface area contributed by atoms with Crippen LogP contribution in [0, 0.1) is 6.92 Å². The van der Waals surface area contributed by atoms with Crippen LogP contribution < -0.4 is 5.56 Å². The summed E-state index contributed by atoms with van der Waals surface area (Å²) in [4.78, 5) is 28.2. The van der Waals surface area contributed by atoms with E-state index in [1.165, 1.54) is 4.90 Å². The van der Waals surface area contributed by atoms with Gasteiger partial charge in [-0.2, -0.15) is 0 Å². The van der Waals surface area contributed by atoms with E-state index in [0.29, 0.717) is 0 Å². The molecule has 25 heavy (non-hydrogen) atoms. The van der Waals surface area contributed by atoms with E-state index in [1.807, 2.05) is 25.1 Å². The molecule has 3 rings (SSSR count). The summed E-state index contributed by atoms with van der Waals surface area (Å²) in [5.74, 6) is 1.82. The number of carbonyl (C=O) groups is 1. The van der Waals surface area contributed by atoms with Gasteiger partial charge in [0.1, 0.15) is 18.1 Å². The smallest absolute Gasteiger partial charge is 0.251 e. The second kappa shape index (κ2) is 7.27. The summed E-state index contributed by atoms with van der Waals surface area (Å²) < 4.78 is 7.32. The van der Waals surface area contributed by atoms with Crippen LogP contribution in [0.3, 0.4) is 0 Å². The van der Waals surface area contributed by atoms with Crippen LogP contribution in [0.1, 0.15) is 22.8 Å². The van der Waals surface area contributed by atoms with Crippen LogP contribution >= 0.6 is 0 Å². The Morgan fingerprint density at radius 2 is 1.92 bits per heavy atom. The van der Waals surface area contributed by atoms with Gasteiger partial charge in [-0.3, -0.25) is 14.5 Å². The maximum absolute atomic E-state index is 12.3. The molecule has 0 atom stereocenters. The number of carbonyl (C=O) groups excluding carboxylic acids is 1. The average Bonchev–Trinajstić information content (AvgIpc) is 2.86. The number of nitrogens with zero attached hydrogens (tertiary/aromatic N) is 3. The molecule has 0 fully saturated rings. The van der Waals surface area contributed by atoms with Gasteiger partial charge in [-0.25, -0.2) is 0 Å². The average molecular weight is 343 g/mol. The summed E-state index contributed by atoms with van der Waals surface area (Å²) in [5, 5.41) is 0. The van der Waals surface area contributed by atoms with E-state index < -0.39 is 0 Å². The number of pyridine rings is 1. The van der Waals surface area contributed by atoms with Gasteiger partial charge in [0.25, 0.3) is 5.56 Å². The van der Waals surface area contributed by atoms with Crippen LogP contribution in [0.25, 0.3) is 0 Å². The predicted molar refractivity (Wildman–Crippen MR) is 95.5 cm³/mol. The van der Waals surface area contributed by atoms with Crippen molar-refractivity contribution >= 4 is 5.91 Å². The van der Waals surface area contributed by atoms with Gasteiger partial charge < -0.3 is 13.9 Å². The van der Waals surface area contributed by atoms with Crippen molar-refractivity contribution in [3.63, 3.8) is 0 Å². The first-order valence-corrected chi connectivity index (χ1v) is 8.63. The van der Waals surface area contributed by atoms with Crippen LogP contribution in [0.15, 0.2) is 33.5 Å². The first kappa shape index (κ1) is 17.5. The van der Waals surface area contributed by atoms with Gasteiger partial charge in [0, 0.05) is 45.4 Å². The Morgan fingerprint density at radius 1 is 1.16 bits per heavy atom. The number of furan rings is 1. The molecule has 0 N–H and O–H groups in total. The molecular formula is C19H25N3O3. The molecule has 0 spiro atoms. The van der Waals surface area contributed by atoms with Gasteiger partial charge >= 0.3 is 0 Å². The largest absolute Gasteiger partial charge is 0.465 e. The minimum Gasteiger partial charge on any atom is -0.465 e. The van der Waals surface area contributed by atoms with Crippen LogP contribution in [0.4, 0.5) is 0 Å². The number of aromatic nitrogens is 1. The highest BCUT2D eigenvalue weighted by Gasteiger charge is 2.20. The van der Waals surface area contributed by atoms with E-state index in [-0.39, 0.29) is 18.0 Å². The molecule has 1 aliphatic heterocycles. The first-order valence-electron chi connectivity index (χ1n) is 8.63. The molecule has 3 heterocycles. The zero-order chi connectivity index (χ0) is 18.0. The Bertz CT molecular complexity index is 820. The fourth-order valence-electron chi connectivity index (χ4n) is 3.24. The Kier molecular flexibility index (Phi) is 5.08. The molecule has 134 valence electrons. The maximum Gasteiger partial charge on any atom is 0.251 e. The zero-order valence-electron chi connectivity index (χ0n) is 15.1. The molecule has 6 heteroatoms. The fourth-order valence-corrected chi connectivity index (χ4v) is 3.24. The molecule has 0 aliphatic carbocycles. The van der Waals surface area contributed by atoms with Crippen LogP contribution in [0.5, 0.6) is 0 Å². The lowest BCUT2D eigenvalue weighted by Crippen LogP contribution is -2.33. The van der Waals surface area contributed by atoms with Crippen molar-refractivity contribution in [2.45, 2.75) is 32.9 Å². The molecule has 2 aromatic rings. The third-order valence-corrected chi connectivity index (χ3v) is 4.72. The van der Waals surface area contributed by atoms with Crippen molar-refractivity contribution in [2.75, 3.05) is 27.2 Å². The van der Waals surface area contributed by atoms with Crippen LogP contribution in [-0.2, 0) is 30.7 Å². The number of likely N-dealkylation sites (N-methyl/N-ethyl adjacent to an activating group) is 1. The molecule has 0 radical (unpaired) electrons. The van der Waals surface area contributed by atoms with Gasteiger partial charge in [-0.1, -0.05) is 6.07 Å². The predicted octanol–water partition coefficient (Wildman–Crippen LogP) is 1.44. The van der Waals surface area contributed by atoms with Gasteiger partial charge in [0.15, 0.2) is 0 Å². The minimum absolute atomic E-state index is 0.0670. The summed E-state index contributed by atoms with van der Waals surface area (Å²) in [7, 11) is 3.42. The lowest BCUT2D eigenvalue weighted by Gasteiger charge is -2.18. The summed E-state index contributed by atoms with van der Waals surface area (Å²) in [6.07, 6.45) is 1.62. The molecule has 0 aromatic carbocycles. The van der Waals surface area contributed by atoms with Gasteiger partial charge in [-0.05, 0) is 31.0 Å². The van der Waals surface area contributed by atoms with Crippen molar-refractivity contribution in [3.05, 3.63) is 57.4 Å². The number of amides is 1. The van der Waals surface area contributed by atoms with Gasteiger partial charge in [0.2, 0.25) is 5.91 Å². The molecule has 6 nitrogen and oxygen atoms in total. The molecule has 2 aromatic heterocycles. The first-order chi connectivity index (χ1) is 11.9. The second-order valence-corrected chi connectivity index (χ2v) is 6.81. The molecular weight excluding hydrogens is 318 g/mol. The van der Waals surface area contributed by atoms with Crippen molar-refractivity contribution in [3.8, 4) is 0 Å². The van der Waals surface area contributed by atoms with E-state index in [4.69, 9.17) is 4.42 Å². The van der Waals surface area contributed by atoms with E-state index in [0.717, 1.165) is 55.3 Å². The van der Waals surface area contributed by atoms with E-state index >= 15 is 0 Å². The molecule has 0 bridgehead atoms. The quantitative estimate of drug-likeness (QED) is 0.843. The second-order valence-electron chi connectivity index (χ2n) is 6.81. The summed E-state index contributed by atoms with van der Waals surface area (Å²) in [6.45, 7) is 4.57. The van der Waals surface area contributed by atoms with Crippen LogP contribution in [-0.4, -0.2) is 47.5 Å². The van der Waals surface area contributed by atoms with Crippen molar-refractivity contribution in [1.82, 2.24) is 14.4 Å². The summed E-state index contributed by atoms with van der Waals surface area (Å²) in [5.41, 5.74) is 2.04. The number of rotatable bonds is 4. The molecule has 0 saturated carbocycles. The highest BCUT2D eigenvalue weighted by Crippen LogP contribution is 2.17. The monoisotopic (exact) mass is 343 g/mol. The van der Waals surface area contributed by atoms with Gasteiger partial charge in [0.05, 0.1) is 6.54 Å². The van der Waals surface area contributed by atoms with Crippen molar-refractivity contribution < 1.29 is 9.21 Å².